The SMILES string of the molecule is COC(=O)Nc1ccc(S(=O)(=O)NC[C@@]2(O)CCc3ccccc32)cc1. The zero-order valence-corrected chi connectivity index (χ0v) is 15.0. The summed E-state index contributed by atoms with van der Waals surface area (Å²) in [6.07, 6.45) is 0.542. The fraction of sp³-hybridized carbons (Fsp3) is 0.278. The van der Waals surface area contributed by atoms with Gasteiger partial charge in [-0.25, -0.2) is 17.9 Å². The summed E-state index contributed by atoms with van der Waals surface area (Å²) in [7, 11) is -2.55. The van der Waals surface area contributed by atoms with Crippen molar-refractivity contribution >= 4 is 21.8 Å². The number of aliphatic hydroxyl groups is 1. The number of sulfonamides is 1. The molecule has 1 aliphatic rings. The molecule has 0 bridgehead atoms. The summed E-state index contributed by atoms with van der Waals surface area (Å²) in [5.74, 6) is 0. The van der Waals surface area contributed by atoms with E-state index in [-0.39, 0.29) is 11.4 Å². The summed E-state index contributed by atoms with van der Waals surface area (Å²) in [6.45, 7) is -0.103. The maximum absolute atomic E-state index is 12.5. The van der Waals surface area contributed by atoms with Crippen molar-refractivity contribution in [3.8, 4) is 0 Å². The monoisotopic (exact) mass is 376 g/mol. The summed E-state index contributed by atoms with van der Waals surface area (Å²) in [6, 6.07) is 13.2. The van der Waals surface area contributed by atoms with Crippen LogP contribution in [-0.2, 0) is 26.8 Å². The zero-order valence-electron chi connectivity index (χ0n) is 14.2. The molecule has 8 heteroatoms. The fourth-order valence-electron chi connectivity index (χ4n) is 3.04. The molecular formula is C18H20N2O5S. The number of hydrogen-bond acceptors (Lipinski definition) is 5. The first-order chi connectivity index (χ1) is 12.3. The Balaban J connectivity index is 1.71. The third-order valence-corrected chi connectivity index (χ3v) is 5.89. The zero-order chi connectivity index (χ0) is 18.8. The highest BCUT2D eigenvalue weighted by atomic mass is 32.2. The predicted octanol–water partition coefficient (Wildman–Crippen LogP) is 1.98. The lowest BCUT2D eigenvalue weighted by Crippen LogP contribution is -2.39. The van der Waals surface area contributed by atoms with Crippen LogP contribution >= 0.6 is 0 Å². The van der Waals surface area contributed by atoms with Gasteiger partial charge in [-0.05, 0) is 48.2 Å². The second-order valence-corrected chi connectivity index (χ2v) is 7.92. The largest absolute Gasteiger partial charge is 0.453 e. The fourth-order valence-corrected chi connectivity index (χ4v) is 4.13. The Labute approximate surface area is 152 Å². The second kappa shape index (κ2) is 7.06. The number of hydrogen-bond donors (Lipinski definition) is 3. The maximum Gasteiger partial charge on any atom is 0.411 e. The van der Waals surface area contributed by atoms with Gasteiger partial charge in [0.1, 0.15) is 5.60 Å². The molecule has 0 saturated carbocycles. The first-order valence-electron chi connectivity index (χ1n) is 8.09. The van der Waals surface area contributed by atoms with Gasteiger partial charge in [-0.15, -0.1) is 0 Å². The normalized spacial score (nSPS) is 19.0. The van der Waals surface area contributed by atoms with Gasteiger partial charge in [0.2, 0.25) is 10.0 Å². The molecule has 0 radical (unpaired) electrons. The molecule has 0 unspecified atom stereocenters. The van der Waals surface area contributed by atoms with Gasteiger partial charge < -0.3 is 9.84 Å². The number of carbonyl (C=O) groups is 1. The van der Waals surface area contributed by atoms with Gasteiger partial charge in [0.05, 0.1) is 12.0 Å². The summed E-state index contributed by atoms with van der Waals surface area (Å²) < 4.78 is 32.0. The van der Waals surface area contributed by atoms with Gasteiger partial charge in [0.15, 0.2) is 0 Å². The minimum atomic E-state index is -3.79. The molecule has 2 aromatic carbocycles. The van der Waals surface area contributed by atoms with E-state index in [2.05, 4.69) is 14.8 Å². The van der Waals surface area contributed by atoms with Crippen LogP contribution < -0.4 is 10.0 Å². The molecule has 1 amide bonds. The van der Waals surface area contributed by atoms with Crippen molar-refractivity contribution in [2.75, 3.05) is 19.0 Å². The molecule has 138 valence electrons. The van der Waals surface area contributed by atoms with E-state index in [0.717, 1.165) is 11.1 Å². The molecular weight excluding hydrogens is 356 g/mol. The molecule has 0 heterocycles. The second-order valence-electron chi connectivity index (χ2n) is 6.15. The van der Waals surface area contributed by atoms with Crippen molar-refractivity contribution in [1.82, 2.24) is 4.72 Å². The van der Waals surface area contributed by atoms with E-state index in [1.54, 1.807) is 0 Å². The number of nitrogens with one attached hydrogen (secondary N) is 2. The quantitative estimate of drug-likeness (QED) is 0.740. The number of methoxy groups -OCH3 is 1. The van der Waals surface area contributed by atoms with Crippen LogP contribution in [0.25, 0.3) is 0 Å². The summed E-state index contributed by atoms with van der Waals surface area (Å²) in [5, 5.41) is 13.3. The van der Waals surface area contributed by atoms with Crippen LogP contribution in [-0.4, -0.2) is 33.3 Å². The van der Waals surface area contributed by atoms with E-state index in [4.69, 9.17) is 0 Å². The number of ether oxygens (including phenoxy) is 1. The van der Waals surface area contributed by atoms with Gasteiger partial charge >= 0.3 is 6.09 Å². The number of anilines is 1. The number of fused-ring (bicyclic) bond motifs is 1. The van der Waals surface area contributed by atoms with Crippen molar-refractivity contribution in [1.29, 1.82) is 0 Å². The Kier molecular flexibility index (Phi) is 4.99. The number of benzene rings is 2. The van der Waals surface area contributed by atoms with Crippen molar-refractivity contribution in [3.05, 3.63) is 59.7 Å². The number of rotatable bonds is 5. The molecule has 0 saturated heterocycles. The van der Waals surface area contributed by atoms with Crippen molar-refractivity contribution < 1.29 is 23.1 Å². The van der Waals surface area contributed by atoms with Crippen LogP contribution in [0.1, 0.15) is 17.5 Å². The predicted molar refractivity (Wildman–Crippen MR) is 96.3 cm³/mol. The average Bonchev–Trinajstić information content (AvgIpc) is 2.98. The summed E-state index contributed by atoms with van der Waals surface area (Å²) >= 11 is 0. The van der Waals surface area contributed by atoms with E-state index in [1.807, 2.05) is 24.3 Å². The van der Waals surface area contributed by atoms with Crippen molar-refractivity contribution in [3.63, 3.8) is 0 Å². The Morgan fingerprint density at radius 3 is 2.58 bits per heavy atom. The Hall–Kier alpha value is -2.42. The van der Waals surface area contributed by atoms with Crippen LogP contribution in [0.15, 0.2) is 53.4 Å². The van der Waals surface area contributed by atoms with E-state index >= 15 is 0 Å². The molecule has 0 fully saturated rings. The first-order valence-corrected chi connectivity index (χ1v) is 9.58. The highest BCUT2D eigenvalue weighted by Gasteiger charge is 2.37. The number of amides is 1. The first kappa shape index (κ1) is 18.4. The van der Waals surface area contributed by atoms with E-state index in [1.165, 1.54) is 31.4 Å². The van der Waals surface area contributed by atoms with Gasteiger partial charge in [-0.3, -0.25) is 5.32 Å². The van der Waals surface area contributed by atoms with Gasteiger partial charge in [-0.1, -0.05) is 24.3 Å². The van der Waals surface area contributed by atoms with E-state index in [0.29, 0.717) is 18.5 Å². The molecule has 3 N–H and O–H groups in total. The molecule has 26 heavy (non-hydrogen) atoms. The van der Waals surface area contributed by atoms with Crippen LogP contribution in [0, 0.1) is 0 Å². The highest BCUT2D eigenvalue weighted by Crippen LogP contribution is 2.36. The van der Waals surface area contributed by atoms with Crippen LogP contribution in [0.4, 0.5) is 10.5 Å². The van der Waals surface area contributed by atoms with Gasteiger partial charge in [-0.2, -0.15) is 0 Å². The molecule has 0 spiro atoms. The average molecular weight is 376 g/mol. The van der Waals surface area contributed by atoms with E-state index < -0.39 is 21.7 Å². The van der Waals surface area contributed by atoms with Crippen LogP contribution in [0.2, 0.25) is 0 Å². The molecule has 1 aliphatic carbocycles. The Morgan fingerprint density at radius 1 is 1.19 bits per heavy atom. The third-order valence-electron chi connectivity index (χ3n) is 4.48. The molecule has 2 aromatic rings. The van der Waals surface area contributed by atoms with Crippen molar-refractivity contribution in [2.24, 2.45) is 0 Å². The van der Waals surface area contributed by atoms with Crippen molar-refractivity contribution in [2.45, 2.75) is 23.3 Å². The Bertz CT molecular complexity index is 911. The number of carbonyl (C=O) groups excluding carboxylic acids is 1. The molecule has 0 aromatic heterocycles. The number of aryl methyl sites for hydroxylation is 1. The van der Waals surface area contributed by atoms with Gasteiger partial charge in [0, 0.05) is 12.2 Å². The molecule has 0 aliphatic heterocycles. The van der Waals surface area contributed by atoms with Crippen LogP contribution in [0.3, 0.4) is 0 Å². The highest BCUT2D eigenvalue weighted by molar-refractivity contribution is 7.89. The van der Waals surface area contributed by atoms with E-state index in [9.17, 15) is 18.3 Å². The smallest absolute Gasteiger partial charge is 0.411 e. The summed E-state index contributed by atoms with van der Waals surface area (Å²) in [4.78, 5) is 11.2. The molecule has 1 atom stereocenters. The minimum Gasteiger partial charge on any atom is -0.453 e. The lowest BCUT2D eigenvalue weighted by molar-refractivity contribution is 0.0442. The minimum absolute atomic E-state index is 0.0443. The molecule has 3 rings (SSSR count). The standard InChI is InChI=1S/C18H20N2O5S/c1-25-17(21)20-14-6-8-15(9-7-14)26(23,24)19-12-18(22)11-10-13-4-2-3-5-16(13)18/h2-9,19,22H,10-12H2,1H3,(H,20,21)/t18-/m0/s1. The Morgan fingerprint density at radius 2 is 1.88 bits per heavy atom. The van der Waals surface area contributed by atoms with Crippen LogP contribution in [0.5, 0.6) is 0 Å². The maximum atomic E-state index is 12.5. The molecule has 7 nitrogen and oxygen atoms in total. The van der Waals surface area contributed by atoms with Gasteiger partial charge in [0.25, 0.3) is 0 Å². The lowest BCUT2D eigenvalue weighted by atomic mass is 9.96. The lowest BCUT2D eigenvalue weighted by Gasteiger charge is -2.24. The topological polar surface area (TPSA) is 105 Å². The third kappa shape index (κ3) is 3.72. The summed E-state index contributed by atoms with van der Waals surface area (Å²) in [5.41, 5.74) is 1.00.